The molecule has 1 unspecified atom stereocenters. The largest absolute Gasteiger partial charge is 0.419 e. The minimum Gasteiger partial charge on any atom is -0.408 e. The van der Waals surface area contributed by atoms with Crippen LogP contribution in [0.1, 0.15) is 16.8 Å². The highest BCUT2D eigenvalue weighted by Gasteiger charge is 2.24. The van der Waals surface area contributed by atoms with Gasteiger partial charge in [-0.2, -0.15) is 0 Å². The lowest BCUT2D eigenvalue weighted by molar-refractivity contribution is -0.0310. The van der Waals surface area contributed by atoms with Gasteiger partial charge in [0.1, 0.15) is 11.1 Å². The number of hydrogen-bond acceptors (Lipinski definition) is 6. The van der Waals surface area contributed by atoms with Gasteiger partial charge in [-0.15, -0.1) is 11.3 Å². The van der Waals surface area contributed by atoms with Gasteiger partial charge in [-0.3, -0.25) is 9.47 Å². The Hall–Kier alpha value is -1.96. The second-order valence-electron chi connectivity index (χ2n) is 5.97. The van der Waals surface area contributed by atoms with Crippen LogP contribution in [-0.2, 0) is 11.3 Å². The molecule has 7 heteroatoms. The molecule has 0 saturated carbocycles. The molecule has 2 aromatic heterocycles. The lowest BCUT2D eigenvalue weighted by Crippen LogP contribution is -2.40. The monoisotopic (exact) mass is 345 g/mol. The van der Waals surface area contributed by atoms with E-state index in [-0.39, 0.29) is 11.9 Å². The van der Waals surface area contributed by atoms with E-state index < -0.39 is 0 Å². The standard InChI is InChI=1S/C17H19N3O3S/c1-12-11-24-16(18-12)15-10-19(8-9-22-15)6-7-20-13-4-2-3-5-14(13)23-17(20)21/h2-5,11,15H,6-10H2,1H3. The summed E-state index contributed by atoms with van der Waals surface area (Å²) < 4.78 is 12.8. The summed E-state index contributed by atoms with van der Waals surface area (Å²) in [6, 6.07) is 7.53. The van der Waals surface area contributed by atoms with Crippen LogP contribution in [-0.4, -0.2) is 40.7 Å². The van der Waals surface area contributed by atoms with Gasteiger partial charge in [-0.1, -0.05) is 12.1 Å². The number of benzene rings is 1. The fourth-order valence-corrected chi connectivity index (χ4v) is 3.88. The number of nitrogens with zero attached hydrogens (tertiary/aromatic N) is 3. The molecular formula is C17H19N3O3S. The van der Waals surface area contributed by atoms with E-state index in [4.69, 9.17) is 9.15 Å². The van der Waals surface area contributed by atoms with Crippen molar-refractivity contribution in [3.05, 3.63) is 50.9 Å². The number of fused-ring (bicyclic) bond motifs is 1. The first-order valence-corrected chi connectivity index (χ1v) is 8.93. The molecular weight excluding hydrogens is 326 g/mol. The third kappa shape index (κ3) is 3.02. The number of rotatable bonds is 4. The van der Waals surface area contributed by atoms with Crippen molar-refractivity contribution in [1.82, 2.24) is 14.5 Å². The molecule has 1 aliphatic rings. The maximum Gasteiger partial charge on any atom is 0.419 e. The Morgan fingerprint density at radius 1 is 1.33 bits per heavy atom. The molecule has 126 valence electrons. The lowest BCUT2D eigenvalue weighted by atomic mass is 10.2. The van der Waals surface area contributed by atoms with Gasteiger partial charge in [0.2, 0.25) is 0 Å². The molecule has 1 aliphatic heterocycles. The fourth-order valence-electron chi connectivity index (χ4n) is 3.04. The third-order valence-corrected chi connectivity index (χ3v) is 5.33. The molecule has 3 heterocycles. The minimum absolute atomic E-state index is 0.0234. The van der Waals surface area contributed by atoms with Crippen molar-refractivity contribution in [3.63, 3.8) is 0 Å². The summed E-state index contributed by atoms with van der Waals surface area (Å²) in [6.07, 6.45) is 0.0234. The molecule has 0 spiro atoms. The van der Waals surface area contributed by atoms with Crippen LogP contribution >= 0.6 is 11.3 Å². The zero-order valence-corrected chi connectivity index (χ0v) is 14.3. The number of aromatic nitrogens is 2. The van der Waals surface area contributed by atoms with Crippen LogP contribution in [0.25, 0.3) is 11.1 Å². The summed E-state index contributed by atoms with van der Waals surface area (Å²) in [5.41, 5.74) is 2.52. The zero-order valence-electron chi connectivity index (χ0n) is 13.5. The van der Waals surface area contributed by atoms with Crippen LogP contribution < -0.4 is 5.76 Å². The Bertz CT molecular complexity index is 898. The maximum absolute atomic E-state index is 12.0. The van der Waals surface area contributed by atoms with Gasteiger partial charge >= 0.3 is 5.76 Å². The molecule has 1 fully saturated rings. The topological polar surface area (TPSA) is 60.5 Å². The van der Waals surface area contributed by atoms with Crippen LogP contribution in [0.4, 0.5) is 0 Å². The fraction of sp³-hybridized carbons (Fsp3) is 0.412. The van der Waals surface area contributed by atoms with E-state index in [1.807, 2.05) is 31.2 Å². The summed E-state index contributed by atoms with van der Waals surface area (Å²) >= 11 is 1.65. The molecule has 0 aliphatic carbocycles. The highest BCUT2D eigenvalue weighted by molar-refractivity contribution is 7.09. The van der Waals surface area contributed by atoms with Gasteiger partial charge < -0.3 is 9.15 Å². The number of thiazole rings is 1. The average molecular weight is 345 g/mol. The summed E-state index contributed by atoms with van der Waals surface area (Å²) in [5.74, 6) is -0.295. The van der Waals surface area contributed by atoms with Gasteiger partial charge in [0, 0.05) is 37.3 Å². The number of hydrogen-bond donors (Lipinski definition) is 0. The zero-order chi connectivity index (χ0) is 16.5. The summed E-state index contributed by atoms with van der Waals surface area (Å²) in [6.45, 7) is 5.75. The number of oxazole rings is 1. The molecule has 0 N–H and O–H groups in total. The first-order valence-electron chi connectivity index (χ1n) is 8.05. The van der Waals surface area contributed by atoms with Crippen LogP contribution in [0.5, 0.6) is 0 Å². The average Bonchev–Trinajstić information content (AvgIpc) is 3.16. The van der Waals surface area contributed by atoms with E-state index in [0.29, 0.717) is 18.7 Å². The number of ether oxygens (including phenoxy) is 1. The second kappa shape index (κ2) is 6.51. The highest BCUT2D eigenvalue weighted by Crippen LogP contribution is 2.25. The van der Waals surface area contributed by atoms with Gasteiger partial charge in [0.25, 0.3) is 0 Å². The van der Waals surface area contributed by atoms with Crippen molar-refractivity contribution in [2.45, 2.75) is 19.6 Å². The van der Waals surface area contributed by atoms with Gasteiger partial charge in [-0.25, -0.2) is 9.78 Å². The molecule has 0 radical (unpaired) electrons. The van der Waals surface area contributed by atoms with Crippen LogP contribution in [0.3, 0.4) is 0 Å². The summed E-state index contributed by atoms with van der Waals surface area (Å²) in [5, 5.41) is 3.08. The van der Waals surface area contributed by atoms with Crippen molar-refractivity contribution in [3.8, 4) is 0 Å². The first kappa shape index (κ1) is 15.6. The van der Waals surface area contributed by atoms with E-state index in [1.54, 1.807) is 15.9 Å². The van der Waals surface area contributed by atoms with Crippen LogP contribution in [0.2, 0.25) is 0 Å². The summed E-state index contributed by atoms with van der Waals surface area (Å²) in [7, 11) is 0. The number of para-hydroxylation sites is 2. The SMILES string of the molecule is Cc1csc(C2CN(CCn3c(=O)oc4ccccc43)CCO2)n1. The predicted molar refractivity (Wildman–Crippen MR) is 92.5 cm³/mol. The van der Waals surface area contributed by atoms with E-state index >= 15 is 0 Å². The van der Waals surface area contributed by atoms with Crippen LogP contribution in [0.15, 0.2) is 38.9 Å². The van der Waals surface area contributed by atoms with E-state index in [1.165, 1.54) is 0 Å². The Labute approximate surface area is 143 Å². The molecule has 0 amide bonds. The molecule has 6 nitrogen and oxygen atoms in total. The molecule has 4 rings (SSSR count). The highest BCUT2D eigenvalue weighted by atomic mass is 32.1. The van der Waals surface area contributed by atoms with Gasteiger partial charge in [-0.05, 0) is 19.1 Å². The van der Waals surface area contributed by atoms with Crippen molar-refractivity contribution < 1.29 is 9.15 Å². The van der Waals surface area contributed by atoms with Crippen molar-refractivity contribution in [2.24, 2.45) is 0 Å². The Kier molecular flexibility index (Phi) is 4.22. The minimum atomic E-state index is -0.295. The molecule has 1 saturated heterocycles. The number of morpholine rings is 1. The Morgan fingerprint density at radius 2 is 2.21 bits per heavy atom. The van der Waals surface area contributed by atoms with Crippen molar-refractivity contribution in [1.29, 1.82) is 0 Å². The second-order valence-corrected chi connectivity index (χ2v) is 6.86. The van der Waals surface area contributed by atoms with Crippen molar-refractivity contribution in [2.75, 3.05) is 26.2 Å². The molecule has 1 aromatic carbocycles. The predicted octanol–water partition coefficient (Wildman–Crippen LogP) is 2.43. The van der Waals surface area contributed by atoms with Gasteiger partial charge in [0.05, 0.1) is 12.1 Å². The Morgan fingerprint density at radius 3 is 3.04 bits per heavy atom. The lowest BCUT2D eigenvalue weighted by Gasteiger charge is -2.31. The van der Waals surface area contributed by atoms with Crippen LogP contribution in [0, 0.1) is 6.92 Å². The summed E-state index contributed by atoms with van der Waals surface area (Å²) in [4.78, 5) is 18.9. The van der Waals surface area contributed by atoms with Gasteiger partial charge in [0.15, 0.2) is 5.58 Å². The Balaban J connectivity index is 1.45. The quantitative estimate of drug-likeness (QED) is 0.727. The molecule has 24 heavy (non-hydrogen) atoms. The molecule has 1 atom stereocenters. The smallest absolute Gasteiger partial charge is 0.408 e. The van der Waals surface area contributed by atoms with E-state index in [9.17, 15) is 4.79 Å². The first-order chi connectivity index (χ1) is 11.7. The normalized spacial score (nSPS) is 19.1. The third-order valence-electron chi connectivity index (χ3n) is 4.28. The molecule has 3 aromatic rings. The molecule has 0 bridgehead atoms. The van der Waals surface area contributed by atoms with E-state index in [2.05, 4.69) is 15.3 Å². The van der Waals surface area contributed by atoms with E-state index in [0.717, 1.165) is 35.9 Å². The van der Waals surface area contributed by atoms with Crippen molar-refractivity contribution >= 4 is 22.4 Å². The number of aryl methyl sites for hydroxylation is 1. The maximum atomic E-state index is 12.0.